The zero-order valence-corrected chi connectivity index (χ0v) is 12.8. The highest BCUT2D eigenvalue weighted by atomic mass is 32.2. The van der Waals surface area contributed by atoms with E-state index in [2.05, 4.69) is 5.32 Å². The van der Waals surface area contributed by atoms with Crippen molar-refractivity contribution >= 4 is 17.7 Å². The molecule has 4 heteroatoms. The third-order valence-electron chi connectivity index (χ3n) is 2.88. The smallest absolute Gasteiger partial charge is 0.251 e. The van der Waals surface area contributed by atoms with Crippen molar-refractivity contribution in [1.29, 1.82) is 0 Å². The van der Waals surface area contributed by atoms with Gasteiger partial charge in [0.25, 0.3) is 5.91 Å². The van der Waals surface area contributed by atoms with Gasteiger partial charge >= 0.3 is 0 Å². The second-order valence-electron chi connectivity index (χ2n) is 4.72. The van der Waals surface area contributed by atoms with Gasteiger partial charge in [0.05, 0.1) is 0 Å². The van der Waals surface area contributed by atoms with Gasteiger partial charge < -0.3 is 10.4 Å². The standard InChI is InChI=1S/C15H23NO2S/c1-11-9-12(2)14(13(3)10-11)15(18)16-5-8-19-7-4-6-17/h9-10,17H,4-8H2,1-3H3,(H,16,18). The number of aliphatic hydroxyl groups excluding tert-OH is 1. The van der Waals surface area contributed by atoms with Crippen molar-refractivity contribution in [3.8, 4) is 0 Å². The number of carbonyl (C=O) groups is 1. The summed E-state index contributed by atoms with van der Waals surface area (Å²) in [6.07, 6.45) is 0.814. The highest BCUT2D eigenvalue weighted by Gasteiger charge is 2.11. The summed E-state index contributed by atoms with van der Waals surface area (Å²) in [7, 11) is 0. The summed E-state index contributed by atoms with van der Waals surface area (Å²) in [5.74, 6) is 1.84. The second-order valence-corrected chi connectivity index (χ2v) is 5.94. The second kappa shape index (κ2) is 8.23. The van der Waals surface area contributed by atoms with Crippen molar-refractivity contribution in [2.75, 3.05) is 24.7 Å². The van der Waals surface area contributed by atoms with Gasteiger partial charge in [-0.25, -0.2) is 0 Å². The molecule has 0 aliphatic rings. The summed E-state index contributed by atoms with van der Waals surface area (Å²) in [4.78, 5) is 12.1. The first-order valence-corrected chi connectivity index (χ1v) is 7.76. The van der Waals surface area contributed by atoms with Crippen molar-refractivity contribution in [3.05, 3.63) is 34.4 Å². The number of hydrogen-bond acceptors (Lipinski definition) is 3. The number of rotatable bonds is 7. The van der Waals surface area contributed by atoms with E-state index in [1.54, 1.807) is 11.8 Å². The van der Waals surface area contributed by atoms with E-state index in [0.29, 0.717) is 6.54 Å². The molecule has 1 aromatic rings. The lowest BCUT2D eigenvalue weighted by Gasteiger charge is -2.11. The van der Waals surface area contributed by atoms with Gasteiger partial charge in [0.2, 0.25) is 0 Å². The van der Waals surface area contributed by atoms with Crippen LogP contribution in [0.25, 0.3) is 0 Å². The molecule has 3 nitrogen and oxygen atoms in total. The van der Waals surface area contributed by atoms with Crippen molar-refractivity contribution < 1.29 is 9.90 Å². The molecule has 0 saturated carbocycles. The normalized spacial score (nSPS) is 10.5. The van der Waals surface area contributed by atoms with Crippen LogP contribution in [0.5, 0.6) is 0 Å². The molecular formula is C15H23NO2S. The number of aryl methyl sites for hydroxylation is 3. The van der Waals surface area contributed by atoms with Gasteiger partial charge in [-0.3, -0.25) is 4.79 Å². The van der Waals surface area contributed by atoms with Gasteiger partial charge in [-0.15, -0.1) is 0 Å². The first-order valence-electron chi connectivity index (χ1n) is 6.61. The highest BCUT2D eigenvalue weighted by molar-refractivity contribution is 7.99. The SMILES string of the molecule is Cc1cc(C)c(C(=O)NCCSCCCO)c(C)c1. The minimum Gasteiger partial charge on any atom is -0.396 e. The topological polar surface area (TPSA) is 49.3 Å². The average Bonchev–Trinajstić information content (AvgIpc) is 2.32. The van der Waals surface area contributed by atoms with Crippen LogP contribution in [-0.2, 0) is 0 Å². The van der Waals surface area contributed by atoms with E-state index >= 15 is 0 Å². The van der Waals surface area contributed by atoms with Crippen LogP contribution in [-0.4, -0.2) is 35.7 Å². The lowest BCUT2D eigenvalue weighted by molar-refractivity contribution is 0.0955. The summed E-state index contributed by atoms with van der Waals surface area (Å²) in [6.45, 7) is 6.90. The zero-order valence-electron chi connectivity index (χ0n) is 12.0. The van der Waals surface area contributed by atoms with Crippen LogP contribution in [0.4, 0.5) is 0 Å². The van der Waals surface area contributed by atoms with E-state index in [1.165, 1.54) is 5.56 Å². The van der Waals surface area contributed by atoms with Crippen molar-refractivity contribution in [2.45, 2.75) is 27.2 Å². The molecule has 0 radical (unpaired) electrons. The summed E-state index contributed by atoms with van der Waals surface area (Å²) in [5.41, 5.74) is 4.04. The van der Waals surface area contributed by atoms with Crippen LogP contribution < -0.4 is 5.32 Å². The van der Waals surface area contributed by atoms with Crippen LogP contribution >= 0.6 is 11.8 Å². The molecule has 0 aromatic heterocycles. The Balaban J connectivity index is 2.46. The Morgan fingerprint density at radius 3 is 2.42 bits per heavy atom. The lowest BCUT2D eigenvalue weighted by atomic mass is 9.99. The van der Waals surface area contributed by atoms with Gasteiger partial charge in [0.15, 0.2) is 0 Å². The number of nitrogens with one attached hydrogen (secondary N) is 1. The number of amides is 1. The Morgan fingerprint density at radius 1 is 1.21 bits per heavy atom. The number of aliphatic hydroxyl groups is 1. The van der Waals surface area contributed by atoms with Crippen LogP contribution in [0.2, 0.25) is 0 Å². The molecule has 0 spiro atoms. The highest BCUT2D eigenvalue weighted by Crippen LogP contribution is 2.16. The van der Waals surface area contributed by atoms with Gasteiger partial charge in [-0.1, -0.05) is 17.7 Å². The fourth-order valence-corrected chi connectivity index (χ4v) is 2.92. The molecule has 1 amide bonds. The number of benzene rings is 1. The summed E-state index contributed by atoms with van der Waals surface area (Å²) in [5, 5.41) is 11.6. The summed E-state index contributed by atoms with van der Waals surface area (Å²) >= 11 is 1.75. The Morgan fingerprint density at radius 2 is 1.84 bits per heavy atom. The van der Waals surface area contributed by atoms with Gasteiger partial charge in [-0.05, 0) is 44.1 Å². The van der Waals surface area contributed by atoms with Crippen LogP contribution in [0.15, 0.2) is 12.1 Å². The maximum absolute atomic E-state index is 12.1. The summed E-state index contributed by atoms with van der Waals surface area (Å²) in [6, 6.07) is 4.08. The summed E-state index contributed by atoms with van der Waals surface area (Å²) < 4.78 is 0. The Kier molecular flexibility index (Phi) is 6.95. The van der Waals surface area contributed by atoms with Gasteiger partial charge in [0.1, 0.15) is 0 Å². The van der Waals surface area contributed by atoms with E-state index < -0.39 is 0 Å². The molecule has 0 aliphatic heterocycles. The fraction of sp³-hybridized carbons (Fsp3) is 0.533. The van der Waals surface area contributed by atoms with Gasteiger partial charge in [-0.2, -0.15) is 11.8 Å². The molecule has 1 aromatic carbocycles. The molecule has 0 bridgehead atoms. The number of hydrogen-bond donors (Lipinski definition) is 2. The van der Waals surface area contributed by atoms with Crippen molar-refractivity contribution in [3.63, 3.8) is 0 Å². The third kappa shape index (κ3) is 5.25. The van der Waals surface area contributed by atoms with E-state index in [1.807, 2.05) is 32.9 Å². The molecule has 0 saturated heterocycles. The number of carbonyl (C=O) groups excluding carboxylic acids is 1. The van der Waals surface area contributed by atoms with E-state index in [9.17, 15) is 4.79 Å². The van der Waals surface area contributed by atoms with Crippen molar-refractivity contribution in [2.24, 2.45) is 0 Å². The molecule has 0 heterocycles. The molecule has 0 fully saturated rings. The Labute approximate surface area is 119 Å². The molecule has 106 valence electrons. The number of thioether (sulfide) groups is 1. The molecule has 0 aliphatic carbocycles. The quantitative estimate of drug-likeness (QED) is 0.755. The maximum atomic E-state index is 12.1. The maximum Gasteiger partial charge on any atom is 0.251 e. The predicted molar refractivity (Wildman–Crippen MR) is 82.0 cm³/mol. The van der Waals surface area contributed by atoms with Crippen LogP contribution in [0.1, 0.15) is 33.5 Å². The average molecular weight is 281 g/mol. The van der Waals surface area contributed by atoms with E-state index in [0.717, 1.165) is 34.6 Å². The molecule has 0 unspecified atom stereocenters. The minimum atomic E-state index is 0.0118. The first kappa shape index (κ1) is 16.1. The zero-order chi connectivity index (χ0) is 14.3. The van der Waals surface area contributed by atoms with Crippen LogP contribution in [0.3, 0.4) is 0 Å². The Bertz CT molecular complexity index is 409. The molecule has 1 rings (SSSR count). The Hall–Kier alpha value is -1.00. The molecule has 19 heavy (non-hydrogen) atoms. The van der Waals surface area contributed by atoms with Crippen LogP contribution in [0, 0.1) is 20.8 Å². The fourth-order valence-electron chi connectivity index (χ4n) is 2.13. The largest absolute Gasteiger partial charge is 0.396 e. The minimum absolute atomic E-state index is 0.0118. The predicted octanol–water partition coefficient (Wildman–Crippen LogP) is 2.46. The molecule has 0 atom stereocenters. The molecule has 2 N–H and O–H groups in total. The van der Waals surface area contributed by atoms with Crippen molar-refractivity contribution in [1.82, 2.24) is 5.32 Å². The lowest BCUT2D eigenvalue weighted by Crippen LogP contribution is -2.27. The van der Waals surface area contributed by atoms with E-state index in [4.69, 9.17) is 5.11 Å². The third-order valence-corrected chi connectivity index (χ3v) is 3.95. The monoisotopic (exact) mass is 281 g/mol. The first-order chi connectivity index (χ1) is 9.06. The van der Waals surface area contributed by atoms with E-state index in [-0.39, 0.29) is 12.5 Å². The molecular weight excluding hydrogens is 258 g/mol. The van der Waals surface area contributed by atoms with Gasteiger partial charge in [0, 0.05) is 24.5 Å².